The molecule has 5 rings (SSSR count). The van der Waals surface area contributed by atoms with Crippen LogP contribution in [-0.4, -0.2) is 35.0 Å². The quantitative estimate of drug-likeness (QED) is 0.365. The van der Waals surface area contributed by atoms with E-state index in [2.05, 4.69) is 53.3 Å². The van der Waals surface area contributed by atoms with Crippen molar-refractivity contribution >= 4 is 12.1 Å². The van der Waals surface area contributed by atoms with Crippen molar-refractivity contribution in [1.29, 1.82) is 0 Å². The summed E-state index contributed by atoms with van der Waals surface area (Å²) in [6.45, 7) is 10.8. The van der Waals surface area contributed by atoms with Crippen molar-refractivity contribution < 1.29 is 9.53 Å². The molecule has 2 fully saturated rings. The van der Waals surface area contributed by atoms with Crippen molar-refractivity contribution in [2.75, 3.05) is 13.1 Å². The minimum atomic E-state index is 0.0678. The molecule has 1 N–H and O–H groups in total. The van der Waals surface area contributed by atoms with Gasteiger partial charge < -0.3 is 15.0 Å². The molecule has 2 amide bonds. The number of likely N-dealkylation sites (tertiary alicyclic amines) is 1. The largest absolute Gasteiger partial charge is 0.439 e. The maximum Gasteiger partial charge on any atom is 0.317 e. The van der Waals surface area contributed by atoms with Crippen LogP contribution in [0.3, 0.4) is 0 Å². The zero-order valence-electron chi connectivity index (χ0n) is 22.3. The van der Waals surface area contributed by atoms with Gasteiger partial charge in [0.2, 0.25) is 5.88 Å². The van der Waals surface area contributed by atoms with Crippen LogP contribution in [0, 0.1) is 0 Å². The molecule has 2 aliphatic rings. The maximum atomic E-state index is 12.7. The van der Waals surface area contributed by atoms with Crippen LogP contribution in [0.2, 0.25) is 0 Å². The average Bonchev–Trinajstić information content (AvgIpc) is 3.71. The summed E-state index contributed by atoms with van der Waals surface area (Å²) in [5.41, 5.74) is 3.78. The molecular weight excluding hydrogens is 458 g/mol. The summed E-state index contributed by atoms with van der Waals surface area (Å²) in [6.07, 6.45) is 8.51. The van der Waals surface area contributed by atoms with Gasteiger partial charge in [0.05, 0.1) is 0 Å². The number of carbonyl (C=O) groups is 1. The number of ether oxygens (including phenoxy) is 1. The zero-order valence-corrected chi connectivity index (χ0v) is 22.3. The maximum absolute atomic E-state index is 12.7. The molecule has 2 atom stereocenters. The third-order valence-corrected chi connectivity index (χ3v) is 6.11. The molecular formula is C32H39N3O2. The number of rotatable bonds is 5. The Labute approximate surface area is 221 Å². The number of nitrogens with one attached hydrogen (secondary N) is 1. The highest BCUT2D eigenvalue weighted by Gasteiger charge is 2.40. The molecule has 0 spiro atoms. The number of amides is 2. The number of aromatic nitrogens is 1. The van der Waals surface area contributed by atoms with Crippen LogP contribution in [0.4, 0.5) is 4.79 Å². The summed E-state index contributed by atoms with van der Waals surface area (Å²) >= 11 is 0. The number of carbonyl (C=O) groups excluding carboxylic acids is 1. The van der Waals surface area contributed by atoms with Gasteiger partial charge in [-0.05, 0) is 55.5 Å². The first-order chi connectivity index (χ1) is 18.2. The van der Waals surface area contributed by atoms with E-state index < -0.39 is 0 Å². The molecule has 194 valence electrons. The molecule has 37 heavy (non-hydrogen) atoms. The number of pyridine rings is 1. The Balaban J connectivity index is 0.000000711. The van der Waals surface area contributed by atoms with E-state index in [1.165, 1.54) is 11.1 Å². The Kier molecular flexibility index (Phi) is 11.0. The van der Waals surface area contributed by atoms with Crippen molar-refractivity contribution in [1.82, 2.24) is 15.2 Å². The predicted octanol–water partition coefficient (Wildman–Crippen LogP) is 7.84. The van der Waals surface area contributed by atoms with Crippen LogP contribution in [0.25, 0.3) is 6.08 Å². The van der Waals surface area contributed by atoms with E-state index in [1.807, 2.05) is 68.1 Å². The predicted molar refractivity (Wildman–Crippen MR) is 153 cm³/mol. The molecule has 1 saturated carbocycles. The van der Waals surface area contributed by atoms with E-state index in [1.54, 1.807) is 12.3 Å². The molecule has 5 heteroatoms. The van der Waals surface area contributed by atoms with Gasteiger partial charge in [-0.25, -0.2) is 9.78 Å². The van der Waals surface area contributed by atoms with Gasteiger partial charge in [-0.3, -0.25) is 0 Å². The third kappa shape index (κ3) is 8.64. The van der Waals surface area contributed by atoms with Gasteiger partial charge >= 0.3 is 6.03 Å². The van der Waals surface area contributed by atoms with Crippen molar-refractivity contribution in [2.45, 2.75) is 52.0 Å². The van der Waals surface area contributed by atoms with E-state index in [9.17, 15) is 4.79 Å². The Morgan fingerprint density at radius 3 is 2.41 bits per heavy atom. The summed E-state index contributed by atoms with van der Waals surface area (Å²) in [5, 5.41) is 3.21. The van der Waals surface area contributed by atoms with E-state index in [-0.39, 0.29) is 12.1 Å². The summed E-state index contributed by atoms with van der Waals surface area (Å²) in [7, 11) is 0. The summed E-state index contributed by atoms with van der Waals surface area (Å²) in [5.74, 6) is 1.81. The fourth-order valence-corrected chi connectivity index (χ4v) is 4.25. The molecule has 1 aliphatic heterocycles. The van der Waals surface area contributed by atoms with Gasteiger partial charge in [0.25, 0.3) is 0 Å². The first kappa shape index (κ1) is 27.7. The molecule has 1 aromatic heterocycles. The molecule has 2 heterocycles. The van der Waals surface area contributed by atoms with Crippen LogP contribution in [0.5, 0.6) is 11.6 Å². The van der Waals surface area contributed by atoms with Crippen molar-refractivity contribution in [3.05, 3.63) is 108 Å². The monoisotopic (exact) mass is 497 g/mol. The second-order valence-electron chi connectivity index (χ2n) is 8.85. The van der Waals surface area contributed by atoms with Crippen LogP contribution in [0.1, 0.15) is 57.1 Å². The second-order valence-corrected chi connectivity index (χ2v) is 8.85. The highest BCUT2D eigenvalue weighted by molar-refractivity contribution is 5.75. The Morgan fingerprint density at radius 1 is 1.03 bits per heavy atom. The Bertz CT molecular complexity index is 1130. The van der Waals surface area contributed by atoms with Gasteiger partial charge in [0, 0.05) is 37.3 Å². The molecule has 1 saturated heterocycles. The normalized spacial score (nSPS) is 17.7. The fourth-order valence-electron chi connectivity index (χ4n) is 4.25. The lowest BCUT2D eigenvalue weighted by Gasteiger charge is -2.28. The SMILES string of the molecule is C=CC.CC.O=C(NC1CC1c1ccccc1)N1CCC(=Cc2cccc(Oc3ccccn3)c2)CC1. The minimum Gasteiger partial charge on any atom is -0.439 e. The lowest BCUT2D eigenvalue weighted by atomic mass is 10.0. The van der Waals surface area contributed by atoms with E-state index in [4.69, 9.17) is 4.74 Å². The van der Waals surface area contributed by atoms with E-state index in [0.717, 1.165) is 43.7 Å². The third-order valence-electron chi connectivity index (χ3n) is 6.11. The number of nitrogens with zero attached hydrogens (tertiary/aromatic N) is 2. The number of hydrogen-bond donors (Lipinski definition) is 1. The zero-order chi connectivity index (χ0) is 26.5. The summed E-state index contributed by atoms with van der Waals surface area (Å²) in [6, 6.07) is 24.4. The van der Waals surface area contributed by atoms with Crippen LogP contribution < -0.4 is 10.1 Å². The van der Waals surface area contributed by atoms with Crippen molar-refractivity contribution in [3.8, 4) is 11.6 Å². The number of hydrogen-bond acceptors (Lipinski definition) is 3. The molecule has 1 aliphatic carbocycles. The molecule has 3 aromatic rings. The second kappa shape index (κ2) is 14.6. The highest BCUT2D eigenvalue weighted by Crippen LogP contribution is 2.40. The molecule has 0 bridgehead atoms. The van der Waals surface area contributed by atoms with Gasteiger partial charge in [0.15, 0.2) is 0 Å². The lowest BCUT2D eigenvalue weighted by Crippen LogP contribution is -2.44. The van der Waals surface area contributed by atoms with Gasteiger partial charge in [-0.2, -0.15) is 0 Å². The van der Waals surface area contributed by atoms with Crippen LogP contribution >= 0.6 is 0 Å². The van der Waals surface area contributed by atoms with Crippen LogP contribution in [-0.2, 0) is 0 Å². The molecule has 2 aromatic carbocycles. The van der Waals surface area contributed by atoms with Crippen molar-refractivity contribution in [3.63, 3.8) is 0 Å². The van der Waals surface area contributed by atoms with Crippen molar-refractivity contribution in [2.24, 2.45) is 0 Å². The first-order valence-electron chi connectivity index (χ1n) is 13.2. The summed E-state index contributed by atoms with van der Waals surface area (Å²) in [4.78, 5) is 18.8. The Hall–Kier alpha value is -3.86. The first-order valence-corrected chi connectivity index (χ1v) is 13.2. The average molecular weight is 498 g/mol. The lowest BCUT2D eigenvalue weighted by molar-refractivity contribution is 0.193. The van der Waals surface area contributed by atoms with Gasteiger partial charge in [-0.1, -0.05) is 80.1 Å². The topological polar surface area (TPSA) is 54.5 Å². The Morgan fingerprint density at radius 2 is 1.73 bits per heavy atom. The minimum absolute atomic E-state index is 0.0678. The molecule has 2 unspecified atom stereocenters. The molecule has 5 nitrogen and oxygen atoms in total. The number of benzene rings is 2. The van der Waals surface area contributed by atoms with Gasteiger partial charge in [0.1, 0.15) is 5.75 Å². The van der Waals surface area contributed by atoms with E-state index >= 15 is 0 Å². The number of allylic oxidation sites excluding steroid dienone is 1. The number of piperidine rings is 1. The standard InChI is InChI=1S/C27H27N3O2.C3H6.C2H6/c31-27(29-25-19-24(25)22-8-2-1-3-9-22)30-15-12-20(13-16-30)17-21-7-6-10-23(18-21)32-26-11-4-5-14-28-26;1-3-2;1-2/h1-11,14,17-18,24-25H,12-13,15-16,19H2,(H,29,31);3H,1H2,2H3;1-2H3. The highest BCUT2D eigenvalue weighted by atomic mass is 16.5. The fraction of sp³-hybridized carbons (Fsp3) is 0.312. The smallest absolute Gasteiger partial charge is 0.317 e. The van der Waals surface area contributed by atoms with Crippen LogP contribution in [0.15, 0.2) is 97.2 Å². The molecule has 0 radical (unpaired) electrons. The summed E-state index contributed by atoms with van der Waals surface area (Å²) < 4.78 is 5.84. The van der Waals surface area contributed by atoms with E-state index in [0.29, 0.717) is 11.8 Å². The van der Waals surface area contributed by atoms with Gasteiger partial charge in [-0.15, -0.1) is 6.58 Å². The number of urea groups is 1.